The maximum Gasteiger partial charge on any atom is 0.145 e. The first kappa shape index (κ1) is 27.8. The van der Waals surface area contributed by atoms with E-state index in [9.17, 15) is 0 Å². The monoisotopic (exact) mass is 626 g/mol. The van der Waals surface area contributed by atoms with Gasteiger partial charge in [0.1, 0.15) is 11.2 Å². The quantitative estimate of drug-likeness (QED) is 0.189. The van der Waals surface area contributed by atoms with E-state index < -0.39 is 0 Å². The first-order valence-corrected chi connectivity index (χ1v) is 16.5. The standard InChI is InChI=1S/C43H31ClN2O/c1-28-13-12-18-33(23-28)45(31-14-4-2-5-15-31)34-25-29(24-30(44)26-34)37-27-38-35-19-8-10-21-39(35)46(32-16-6-3-7-17-32)42(38)41-36-20-9-11-22-40(36)47-43(37)41/h2-12,14-28H,13H2,1H3. The van der Waals surface area contributed by atoms with Gasteiger partial charge in [0.05, 0.1) is 16.4 Å². The van der Waals surface area contributed by atoms with E-state index in [1.807, 2.05) is 6.07 Å². The van der Waals surface area contributed by atoms with Crippen LogP contribution in [0.3, 0.4) is 0 Å². The number of furan rings is 1. The highest BCUT2D eigenvalue weighted by Gasteiger charge is 2.24. The Labute approximate surface area is 278 Å². The van der Waals surface area contributed by atoms with Gasteiger partial charge in [0.25, 0.3) is 0 Å². The van der Waals surface area contributed by atoms with E-state index in [-0.39, 0.29) is 0 Å². The van der Waals surface area contributed by atoms with Crippen LogP contribution in [0.4, 0.5) is 11.4 Å². The molecule has 2 aromatic heterocycles. The molecule has 0 saturated heterocycles. The lowest BCUT2D eigenvalue weighted by Crippen LogP contribution is -2.17. The van der Waals surface area contributed by atoms with Crippen molar-refractivity contribution in [2.45, 2.75) is 13.3 Å². The first-order valence-electron chi connectivity index (χ1n) is 16.1. The Morgan fingerprint density at radius 2 is 1.45 bits per heavy atom. The summed E-state index contributed by atoms with van der Waals surface area (Å²) in [6.07, 6.45) is 7.86. The van der Waals surface area contributed by atoms with Crippen LogP contribution in [-0.2, 0) is 0 Å². The van der Waals surface area contributed by atoms with Gasteiger partial charge in [-0.1, -0.05) is 103 Å². The Morgan fingerprint density at radius 3 is 2.26 bits per heavy atom. The number of allylic oxidation sites excluding steroid dienone is 3. The van der Waals surface area contributed by atoms with E-state index >= 15 is 0 Å². The number of benzene rings is 6. The van der Waals surface area contributed by atoms with Crippen LogP contribution < -0.4 is 4.90 Å². The highest BCUT2D eigenvalue weighted by atomic mass is 35.5. The normalized spacial score (nSPS) is 14.8. The van der Waals surface area contributed by atoms with Crippen LogP contribution in [0.1, 0.15) is 13.3 Å². The summed E-state index contributed by atoms with van der Waals surface area (Å²) < 4.78 is 9.17. The lowest BCUT2D eigenvalue weighted by molar-refractivity contribution is 0.670. The molecule has 1 aliphatic carbocycles. The SMILES string of the molecule is CC1C=C(N(c2ccccc2)c2cc(Cl)cc(-c3cc4c5ccccc5n(-c5ccccc5)c4c4c3oc3ccccc34)c2)C=CC1. The molecule has 0 N–H and O–H groups in total. The van der Waals surface area contributed by atoms with Gasteiger partial charge in [-0.25, -0.2) is 0 Å². The van der Waals surface area contributed by atoms with Gasteiger partial charge in [-0.15, -0.1) is 0 Å². The summed E-state index contributed by atoms with van der Waals surface area (Å²) in [7, 11) is 0. The lowest BCUT2D eigenvalue weighted by Gasteiger charge is -2.29. The van der Waals surface area contributed by atoms with Crippen molar-refractivity contribution in [3.8, 4) is 16.8 Å². The van der Waals surface area contributed by atoms with Crippen molar-refractivity contribution < 1.29 is 4.42 Å². The molecule has 4 heteroatoms. The van der Waals surface area contributed by atoms with Crippen molar-refractivity contribution in [3.05, 3.63) is 162 Å². The van der Waals surface area contributed by atoms with E-state index in [0.29, 0.717) is 10.9 Å². The number of para-hydroxylation sites is 4. The lowest BCUT2D eigenvalue weighted by atomic mass is 9.97. The van der Waals surface area contributed by atoms with Crippen molar-refractivity contribution in [1.29, 1.82) is 0 Å². The van der Waals surface area contributed by atoms with Crippen LogP contribution in [0.15, 0.2) is 162 Å². The summed E-state index contributed by atoms with van der Waals surface area (Å²) in [5.74, 6) is 0.444. The van der Waals surface area contributed by atoms with Gasteiger partial charge < -0.3 is 13.9 Å². The highest BCUT2D eigenvalue weighted by Crippen LogP contribution is 2.46. The predicted octanol–water partition coefficient (Wildman–Crippen LogP) is 12.6. The molecule has 0 aliphatic heterocycles. The average Bonchev–Trinajstić information content (AvgIpc) is 3.65. The first-order chi connectivity index (χ1) is 23.1. The Balaban J connectivity index is 1.37. The topological polar surface area (TPSA) is 21.3 Å². The second-order valence-electron chi connectivity index (χ2n) is 12.4. The smallest absolute Gasteiger partial charge is 0.145 e. The van der Waals surface area contributed by atoms with Crippen LogP contribution >= 0.6 is 11.6 Å². The molecule has 3 nitrogen and oxygen atoms in total. The summed E-state index contributed by atoms with van der Waals surface area (Å²) in [6.45, 7) is 2.26. The van der Waals surface area contributed by atoms with Crippen LogP contribution in [0.2, 0.25) is 5.02 Å². The van der Waals surface area contributed by atoms with Gasteiger partial charge in [0.2, 0.25) is 0 Å². The largest absolute Gasteiger partial charge is 0.455 e. The molecule has 9 rings (SSSR count). The molecular weight excluding hydrogens is 596 g/mol. The zero-order chi connectivity index (χ0) is 31.5. The van der Waals surface area contributed by atoms with Gasteiger partial charge >= 0.3 is 0 Å². The minimum atomic E-state index is 0.444. The fourth-order valence-corrected chi connectivity index (χ4v) is 7.48. The zero-order valence-corrected chi connectivity index (χ0v) is 26.7. The van der Waals surface area contributed by atoms with Crippen molar-refractivity contribution in [2.75, 3.05) is 4.90 Å². The minimum absolute atomic E-state index is 0.444. The van der Waals surface area contributed by atoms with Crippen LogP contribution in [0.25, 0.3) is 60.6 Å². The molecule has 0 spiro atoms. The maximum absolute atomic E-state index is 7.03. The van der Waals surface area contributed by atoms with Gasteiger partial charge in [0.15, 0.2) is 0 Å². The van der Waals surface area contributed by atoms with E-state index in [0.717, 1.165) is 73.3 Å². The van der Waals surface area contributed by atoms with Gasteiger partial charge in [-0.2, -0.15) is 0 Å². The predicted molar refractivity (Wildman–Crippen MR) is 198 cm³/mol. The Morgan fingerprint density at radius 1 is 0.723 bits per heavy atom. The molecule has 0 fully saturated rings. The molecule has 2 heterocycles. The van der Waals surface area contributed by atoms with Crippen molar-refractivity contribution in [3.63, 3.8) is 0 Å². The van der Waals surface area contributed by atoms with Gasteiger partial charge in [0, 0.05) is 49.5 Å². The number of fused-ring (bicyclic) bond motifs is 7. The van der Waals surface area contributed by atoms with Crippen molar-refractivity contribution in [1.82, 2.24) is 4.57 Å². The molecule has 1 unspecified atom stereocenters. The number of anilines is 2. The molecular formula is C43H31ClN2O. The number of halogens is 1. The van der Waals surface area contributed by atoms with E-state index in [4.69, 9.17) is 16.0 Å². The molecule has 6 aromatic carbocycles. The third-order valence-electron chi connectivity index (χ3n) is 9.27. The molecule has 0 saturated carbocycles. The number of nitrogens with zero attached hydrogens (tertiary/aromatic N) is 2. The third kappa shape index (κ3) is 4.58. The molecule has 0 radical (unpaired) electrons. The van der Waals surface area contributed by atoms with E-state index in [1.54, 1.807) is 0 Å². The second kappa shape index (κ2) is 11.1. The molecule has 226 valence electrons. The zero-order valence-electron chi connectivity index (χ0n) is 25.9. The average molecular weight is 627 g/mol. The minimum Gasteiger partial charge on any atom is -0.455 e. The summed E-state index contributed by atoms with van der Waals surface area (Å²) in [4.78, 5) is 2.30. The fourth-order valence-electron chi connectivity index (χ4n) is 7.25. The number of hydrogen-bond donors (Lipinski definition) is 0. The van der Waals surface area contributed by atoms with Gasteiger partial charge in [-0.3, -0.25) is 0 Å². The number of rotatable bonds is 5. The van der Waals surface area contributed by atoms with Crippen molar-refractivity contribution in [2.24, 2.45) is 5.92 Å². The van der Waals surface area contributed by atoms with Crippen LogP contribution in [0.5, 0.6) is 0 Å². The fraction of sp³-hybridized carbons (Fsp3) is 0.0698. The highest BCUT2D eigenvalue weighted by molar-refractivity contribution is 6.32. The molecule has 1 atom stereocenters. The molecule has 8 aromatic rings. The second-order valence-corrected chi connectivity index (χ2v) is 12.8. The summed E-state index contributed by atoms with van der Waals surface area (Å²) in [5.41, 5.74) is 10.4. The van der Waals surface area contributed by atoms with Crippen molar-refractivity contribution >= 4 is 66.7 Å². The van der Waals surface area contributed by atoms with Crippen LogP contribution in [0, 0.1) is 5.92 Å². The number of hydrogen-bond acceptors (Lipinski definition) is 2. The Kier molecular flexibility index (Phi) is 6.55. The molecule has 47 heavy (non-hydrogen) atoms. The molecule has 0 amide bonds. The van der Waals surface area contributed by atoms with E-state index in [2.05, 4.69) is 162 Å². The van der Waals surface area contributed by atoms with Gasteiger partial charge in [-0.05, 0) is 84.6 Å². The summed E-state index contributed by atoms with van der Waals surface area (Å²) in [5, 5.41) is 5.23. The molecule has 1 aliphatic rings. The Hall–Kier alpha value is -5.51. The van der Waals surface area contributed by atoms with E-state index in [1.165, 1.54) is 10.8 Å². The van der Waals surface area contributed by atoms with Crippen LogP contribution in [-0.4, -0.2) is 4.57 Å². The number of aromatic nitrogens is 1. The maximum atomic E-state index is 7.03. The Bertz CT molecular complexity index is 2520. The molecule has 0 bridgehead atoms. The summed E-state index contributed by atoms with van der Waals surface area (Å²) >= 11 is 7.03. The summed E-state index contributed by atoms with van der Waals surface area (Å²) in [6, 6.07) is 46.8. The third-order valence-corrected chi connectivity index (χ3v) is 9.49.